The molecule has 0 radical (unpaired) electrons. The van der Waals surface area contributed by atoms with Gasteiger partial charge >= 0.3 is 5.97 Å². The van der Waals surface area contributed by atoms with Crippen LogP contribution in [0.1, 0.15) is 27.4 Å². The van der Waals surface area contributed by atoms with Crippen molar-refractivity contribution in [1.29, 1.82) is 0 Å². The van der Waals surface area contributed by atoms with E-state index < -0.39 is 22.7 Å². The maximum atomic E-state index is 11.4. The van der Waals surface area contributed by atoms with E-state index in [0.717, 1.165) is 11.3 Å². The third-order valence-electron chi connectivity index (χ3n) is 3.09. The van der Waals surface area contributed by atoms with Crippen molar-refractivity contribution in [3.05, 3.63) is 45.2 Å². The Balaban J connectivity index is 2.27. The fraction of sp³-hybridized carbons (Fsp3) is 0.308. The SMILES string of the molecule is Cc1noc(C)c1CCn1cc(O)c(=O)c(C(=O)O)c1. The molecule has 2 aromatic rings. The molecule has 7 nitrogen and oxygen atoms in total. The van der Waals surface area contributed by atoms with Crippen molar-refractivity contribution in [2.24, 2.45) is 0 Å². The standard InChI is InChI=1S/C13H14N2O5/c1-7-9(8(2)20-14-7)3-4-15-5-10(13(18)19)12(17)11(16)6-15/h5-6,16H,3-4H2,1-2H3,(H,18,19). The smallest absolute Gasteiger partial charge is 0.341 e. The van der Waals surface area contributed by atoms with Gasteiger partial charge in [-0.1, -0.05) is 5.16 Å². The number of aromatic nitrogens is 2. The molecular weight excluding hydrogens is 264 g/mol. The van der Waals surface area contributed by atoms with Crippen molar-refractivity contribution in [3.63, 3.8) is 0 Å². The van der Waals surface area contributed by atoms with Gasteiger partial charge in [0.15, 0.2) is 5.75 Å². The lowest BCUT2D eigenvalue weighted by molar-refractivity contribution is 0.0693. The molecule has 0 fully saturated rings. The number of carboxylic acids is 1. The predicted octanol–water partition coefficient (Wildman–Crippen LogP) is 1.10. The summed E-state index contributed by atoms with van der Waals surface area (Å²) in [6.45, 7) is 4.01. The van der Waals surface area contributed by atoms with Crippen LogP contribution in [0.5, 0.6) is 5.75 Å². The van der Waals surface area contributed by atoms with Crippen LogP contribution in [-0.2, 0) is 13.0 Å². The second-order valence-electron chi connectivity index (χ2n) is 4.48. The number of carbonyl (C=O) groups is 1. The largest absolute Gasteiger partial charge is 0.503 e. The van der Waals surface area contributed by atoms with Crippen LogP contribution in [0.4, 0.5) is 0 Å². The summed E-state index contributed by atoms with van der Waals surface area (Å²) in [6.07, 6.45) is 2.98. The van der Waals surface area contributed by atoms with Gasteiger partial charge in [0.05, 0.1) is 5.69 Å². The molecule has 0 unspecified atom stereocenters. The van der Waals surface area contributed by atoms with E-state index in [1.165, 1.54) is 17.0 Å². The Bertz CT molecular complexity index is 695. The van der Waals surface area contributed by atoms with E-state index in [-0.39, 0.29) is 0 Å². The van der Waals surface area contributed by atoms with Crippen molar-refractivity contribution < 1.29 is 19.5 Å². The van der Waals surface area contributed by atoms with Crippen molar-refractivity contribution in [2.45, 2.75) is 26.8 Å². The highest BCUT2D eigenvalue weighted by Gasteiger charge is 2.14. The van der Waals surface area contributed by atoms with Gasteiger partial charge in [0.2, 0.25) is 5.43 Å². The molecular formula is C13H14N2O5. The molecule has 106 valence electrons. The van der Waals surface area contributed by atoms with E-state index in [0.29, 0.717) is 18.7 Å². The lowest BCUT2D eigenvalue weighted by atomic mass is 10.1. The van der Waals surface area contributed by atoms with Crippen LogP contribution in [0, 0.1) is 13.8 Å². The lowest BCUT2D eigenvalue weighted by Crippen LogP contribution is -2.18. The first-order chi connectivity index (χ1) is 9.40. The molecule has 2 aromatic heterocycles. The number of nitrogens with zero attached hydrogens (tertiary/aromatic N) is 2. The van der Waals surface area contributed by atoms with E-state index in [1.54, 1.807) is 6.92 Å². The Hall–Kier alpha value is -2.57. The summed E-state index contributed by atoms with van der Waals surface area (Å²) in [5.74, 6) is -1.24. The van der Waals surface area contributed by atoms with E-state index in [2.05, 4.69) is 5.16 Å². The molecule has 0 aliphatic rings. The molecule has 0 aromatic carbocycles. The van der Waals surface area contributed by atoms with Crippen molar-refractivity contribution in [2.75, 3.05) is 0 Å². The van der Waals surface area contributed by atoms with Gasteiger partial charge in [0.1, 0.15) is 11.3 Å². The Morgan fingerprint density at radius 3 is 2.65 bits per heavy atom. The zero-order chi connectivity index (χ0) is 14.9. The summed E-state index contributed by atoms with van der Waals surface area (Å²) in [6, 6.07) is 0. The summed E-state index contributed by atoms with van der Waals surface area (Å²) < 4.78 is 6.50. The zero-order valence-corrected chi connectivity index (χ0v) is 11.1. The number of hydrogen-bond acceptors (Lipinski definition) is 5. The predicted molar refractivity (Wildman–Crippen MR) is 69.0 cm³/mol. The van der Waals surface area contributed by atoms with Crippen LogP contribution in [0.3, 0.4) is 0 Å². The first-order valence-corrected chi connectivity index (χ1v) is 5.98. The number of aryl methyl sites for hydroxylation is 3. The molecule has 0 aliphatic heterocycles. The van der Waals surface area contributed by atoms with E-state index in [4.69, 9.17) is 9.63 Å². The number of carboxylic acid groups (broad SMARTS) is 1. The summed E-state index contributed by atoms with van der Waals surface area (Å²) in [5.41, 5.74) is 0.362. The van der Waals surface area contributed by atoms with Gasteiger partial charge in [-0.2, -0.15) is 0 Å². The summed E-state index contributed by atoms with van der Waals surface area (Å²) in [4.78, 5) is 22.4. The molecule has 0 spiro atoms. The zero-order valence-electron chi connectivity index (χ0n) is 11.1. The van der Waals surface area contributed by atoms with Gasteiger partial charge in [-0.05, 0) is 20.3 Å². The normalized spacial score (nSPS) is 10.7. The minimum Gasteiger partial charge on any atom is -0.503 e. The highest BCUT2D eigenvalue weighted by Crippen LogP contribution is 2.14. The van der Waals surface area contributed by atoms with Gasteiger partial charge in [0.25, 0.3) is 0 Å². The molecule has 0 amide bonds. The maximum absolute atomic E-state index is 11.4. The quantitative estimate of drug-likeness (QED) is 0.867. The van der Waals surface area contributed by atoms with Gasteiger partial charge in [-0.25, -0.2) is 4.79 Å². The van der Waals surface area contributed by atoms with Crippen LogP contribution < -0.4 is 5.43 Å². The average molecular weight is 278 g/mol. The number of pyridine rings is 1. The topological polar surface area (TPSA) is 106 Å². The van der Waals surface area contributed by atoms with Gasteiger partial charge < -0.3 is 19.3 Å². The Kier molecular flexibility index (Phi) is 3.60. The molecule has 0 saturated heterocycles. The van der Waals surface area contributed by atoms with Crippen molar-refractivity contribution >= 4 is 5.97 Å². The number of rotatable bonds is 4. The Morgan fingerprint density at radius 1 is 1.40 bits per heavy atom. The molecule has 7 heteroatoms. The van der Waals surface area contributed by atoms with Crippen LogP contribution in [0.25, 0.3) is 0 Å². The molecule has 0 atom stereocenters. The van der Waals surface area contributed by atoms with Gasteiger partial charge in [0, 0.05) is 24.5 Å². The van der Waals surface area contributed by atoms with E-state index in [9.17, 15) is 14.7 Å². The molecule has 2 heterocycles. The van der Waals surface area contributed by atoms with Gasteiger partial charge in [-0.3, -0.25) is 4.79 Å². The Morgan fingerprint density at radius 2 is 2.10 bits per heavy atom. The highest BCUT2D eigenvalue weighted by atomic mass is 16.5. The summed E-state index contributed by atoms with van der Waals surface area (Å²) in [7, 11) is 0. The second kappa shape index (κ2) is 5.20. The second-order valence-corrected chi connectivity index (χ2v) is 4.48. The van der Waals surface area contributed by atoms with Crippen LogP contribution in [0.15, 0.2) is 21.7 Å². The first kappa shape index (κ1) is 13.9. The first-order valence-electron chi connectivity index (χ1n) is 5.98. The minimum absolute atomic E-state index is 0.400. The van der Waals surface area contributed by atoms with Crippen molar-refractivity contribution in [3.8, 4) is 5.75 Å². The van der Waals surface area contributed by atoms with Crippen LogP contribution in [-0.4, -0.2) is 25.9 Å². The average Bonchev–Trinajstić information content (AvgIpc) is 2.70. The molecule has 20 heavy (non-hydrogen) atoms. The summed E-state index contributed by atoms with van der Waals surface area (Å²) >= 11 is 0. The highest BCUT2D eigenvalue weighted by molar-refractivity contribution is 5.87. The van der Waals surface area contributed by atoms with E-state index >= 15 is 0 Å². The van der Waals surface area contributed by atoms with Crippen LogP contribution >= 0.6 is 0 Å². The molecule has 0 saturated carbocycles. The van der Waals surface area contributed by atoms with Crippen molar-refractivity contribution in [1.82, 2.24) is 9.72 Å². The van der Waals surface area contributed by atoms with E-state index in [1.807, 2.05) is 6.92 Å². The van der Waals surface area contributed by atoms with Crippen LogP contribution in [0.2, 0.25) is 0 Å². The lowest BCUT2D eigenvalue weighted by Gasteiger charge is -2.08. The monoisotopic (exact) mass is 278 g/mol. The third kappa shape index (κ3) is 2.56. The fourth-order valence-corrected chi connectivity index (χ4v) is 2.00. The summed E-state index contributed by atoms with van der Waals surface area (Å²) in [5, 5.41) is 22.2. The van der Waals surface area contributed by atoms with Gasteiger partial charge in [-0.15, -0.1) is 0 Å². The fourth-order valence-electron chi connectivity index (χ4n) is 2.00. The molecule has 2 rings (SSSR count). The number of aromatic hydroxyl groups is 1. The number of aromatic carboxylic acids is 1. The molecule has 2 N–H and O–H groups in total. The third-order valence-corrected chi connectivity index (χ3v) is 3.09. The number of hydrogen-bond donors (Lipinski definition) is 2. The minimum atomic E-state index is -1.36. The maximum Gasteiger partial charge on any atom is 0.341 e. The molecule has 0 bridgehead atoms. The Labute approximate surface area is 114 Å². The molecule has 0 aliphatic carbocycles.